The summed E-state index contributed by atoms with van der Waals surface area (Å²) in [5.74, 6) is -0.703. The average Bonchev–Trinajstić information content (AvgIpc) is 2.99. The van der Waals surface area contributed by atoms with Crippen molar-refractivity contribution in [3.05, 3.63) is 35.9 Å². The molecule has 2 fully saturated rings. The van der Waals surface area contributed by atoms with Gasteiger partial charge in [-0.1, -0.05) is 30.3 Å². The van der Waals surface area contributed by atoms with E-state index in [1.165, 1.54) is 0 Å². The molecule has 5 atom stereocenters. The van der Waals surface area contributed by atoms with Crippen molar-refractivity contribution in [1.82, 2.24) is 0 Å². The van der Waals surface area contributed by atoms with Gasteiger partial charge in [-0.2, -0.15) is 0 Å². The van der Waals surface area contributed by atoms with Crippen LogP contribution in [-0.4, -0.2) is 55.3 Å². The second-order valence-corrected chi connectivity index (χ2v) is 6.34. The fourth-order valence-electron chi connectivity index (χ4n) is 3.05. The summed E-state index contributed by atoms with van der Waals surface area (Å²) in [6.07, 6.45) is -2.61. The quantitative estimate of drug-likeness (QED) is 0.854. The molecule has 0 saturated carbocycles. The lowest BCUT2D eigenvalue weighted by Gasteiger charge is -2.27. The summed E-state index contributed by atoms with van der Waals surface area (Å²) in [7, 11) is 1.58. The molecular formula is C17H24O6. The van der Waals surface area contributed by atoms with Crippen LogP contribution in [0, 0.1) is 0 Å². The van der Waals surface area contributed by atoms with Gasteiger partial charge in [-0.25, -0.2) is 0 Å². The lowest BCUT2D eigenvalue weighted by molar-refractivity contribution is -0.230. The van der Waals surface area contributed by atoms with E-state index >= 15 is 0 Å². The molecule has 2 saturated heterocycles. The Morgan fingerprint density at radius 2 is 1.96 bits per heavy atom. The molecule has 0 amide bonds. The van der Waals surface area contributed by atoms with Crippen molar-refractivity contribution >= 4 is 0 Å². The lowest BCUT2D eigenvalue weighted by atomic mass is 10.1. The van der Waals surface area contributed by atoms with E-state index in [1.54, 1.807) is 7.11 Å². The topological polar surface area (TPSA) is 66.4 Å². The van der Waals surface area contributed by atoms with Gasteiger partial charge in [-0.05, 0) is 19.4 Å². The Balaban J connectivity index is 1.52. The van der Waals surface area contributed by atoms with Crippen LogP contribution < -0.4 is 0 Å². The van der Waals surface area contributed by atoms with E-state index in [0.29, 0.717) is 6.61 Å². The SMILES string of the molecule is CO[C@H]1[C@H]2OC(C)(C)O[C@H]2O[C@@H]1[C@@H](O)COCc1ccccc1. The summed E-state index contributed by atoms with van der Waals surface area (Å²) >= 11 is 0. The highest BCUT2D eigenvalue weighted by molar-refractivity contribution is 5.13. The van der Waals surface area contributed by atoms with Gasteiger partial charge in [-0.15, -0.1) is 0 Å². The summed E-state index contributed by atoms with van der Waals surface area (Å²) in [6.45, 7) is 4.25. The third-order valence-electron chi connectivity index (χ3n) is 4.08. The van der Waals surface area contributed by atoms with E-state index in [-0.39, 0.29) is 12.7 Å². The molecule has 0 unspecified atom stereocenters. The minimum absolute atomic E-state index is 0.155. The fraction of sp³-hybridized carbons (Fsp3) is 0.647. The largest absolute Gasteiger partial charge is 0.388 e. The standard InChI is InChI=1S/C17H24O6/c1-17(2)22-15-14(19-3)13(21-16(15)23-17)12(18)10-20-9-11-7-5-4-6-8-11/h4-8,12-16,18H,9-10H2,1-3H3/t12-,13+,14+,15+,16+/m0/s1. The van der Waals surface area contributed by atoms with Gasteiger partial charge in [0, 0.05) is 7.11 Å². The van der Waals surface area contributed by atoms with Crippen LogP contribution in [0.3, 0.4) is 0 Å². The van der Waals surface area contributed by atoms with Gasteiger partial charge in [-0.3, -0.25) is 0 Å². The third-order valence-corrected chi connectivity index (χ3v) is 4.08. The van der Waals surface area contributed by atoms with Gasteiger partial charge in [0.1, 0.15) is 24.4 Å². The molecule has 0 aliphatic carbocycles. The second-order valence-electron chi connectivity index (χ2n) is 6.34. The van der Waals surface area contributed by atoms with Gasteiger partial charge in [0.25, 0.3) is 0 Å². The number of aliphatic hydroxyl groups excluding tert-OH is 1. The molecule has 2 aliphatic rings. The van der Waals surface area contributed by atoms with Crippen LogP contribution in [-0.2, 0) is 30.3 Å². The molecule has 0 spiro atoms. The van der Waals surface area contributed by atoms with Crippen molar-refractivity contribution in [3.8, 4) is 0 Å². The number of hydrogen-bond donors (Lipinski definition) is 1. The maximum absolute atomic E-state index is 10.4. The van der Waals surface area contributed by atoms with Crippen LogP contribution >= 0.6 is 0 Å². The Hall–Kier alpha value is -1.02. The first-order chi connectivity index (χ1) is 11.0. The maximum atomic E-state index is 10.4. The lowest BCUT2D eigenvalue weighted by Crippen LogP contribution is -2.43. The summed E-state index contributed by atoms with van der Waals surface area (Å²) in [6, 6.07) is 9.81. The predicted octanol–water partition coefficient (Wildman–Crippen LogP) is 1.46. The fourth-order valence-corrected chi connectivity index (χ4v) is 3.05. The Bertz CT molecular complexity index is 505. The molecular weight excluding hydrogens is 300 g/mol. The predicted molar refractivity (Wildman–Crippen MR) is 81.6 cm³/mol. The van der Waals surface area contributed by atoms with Crippen LogP contribution in [0.5, 0.6) is 0 Å². The number of ether oxygens (including phenoxy) is 5. The molecule has 1 aromatic carbocycles. The van der Waals surface area contributed by atoms with Crippen LogP contribution in [0.2, 0.25) is 0 Å². The minimum atomic E-state index is -0.815. The van der Waals surface area contributed by atoms with Crippen molar-refractivity contribution in [2.24, 2.45) is 0 Å². The van der Waals surface area contributed by atoms with Gasteiger partial charge >= 0.3 is 0 Å². The summed E-state index contributed by atoms with van der Waals surface area (Å²) in [4.78, 5) is 0. The Morgan fingerprint density at radius 1 is 1.22 bits per heavy atom. The zero-order valence-corrected chi connectivity index (χ0v) is 13.7. The molecule has 0 bridgehead atoms. The van der Waals surface area contributed by atoms with Gasteiger partial charge in [0.2, 0.25) is 0 Å². The van der Waals surface area contributed by atoms with E-state index in [0.717, 1.165) is 5.56 Å². The highest BCUT2D eigenvalue weighted by atomic mass is 16.8. The molecule has 1 N–H and O–H groups in total. The van der Waals surface area contributed by atoms with Crippen molar-refractivity contribution in [3.63, 3.8) is 0 Å². The van der Waals surface area contributed by atoms with Gasteiger partial charge < -0.3 is 28.8 Å². The maximum Gasteiger partial charge on any atom is 0.190 e. The van der Waals surface area contributed by atoms with Crippen LogP contribution in [0.4, 0.5) is 0 Å². The van der Waals surface area contributed by atoms with E-state index in [2.05, 4.69) is 0 Å². The van der Waals surface area contributed by atoms with Crippen LogP contribution in [0.15, 0.2) is 30.3 Å². The van der Waals surface area contributed by atoms with Gasteiger partial charge in [0.15, 0.2) is 12.1 Å². The average molecular weight is 324 g/mol. The van der Waals surface area contributed by atoms with Crippen molar-refractivity contribution in [2.45, 2.75) is 56.9 Å². The van der Waals surface area contributed by atoms with E-state index < -0.39 is 30.4 Å². The molecule has 0 aromatic heterocycles. The molecule has 23 heavy (non-hydrogen) atoms. The van der Waals surface area contributed by atoms with Gasteiger partial charge in [0.05, 0.1) is 13.2 Å². The number of rotatable bonds is 6. The molecule has 1 aromatic rings. The number of fused-ring (bicyclic) bond motifs is 1. The second kappa shape index (κ2) is 6.84. The number of benzene rings is 1. The first kappa shape index (κ1) is 16.8. The van der Waals surface area contributed by atoms with Crippen molar-refractivity contribution < 1.29 is 28.8 Å². The van der Waals surface area contributed by atoms with Crippen LogP contribution in [0.25, 0.3) is 0 Å². The van der Waals surface area contributed by atoms with E-state index in [1.807, 2.05) is 44.2 Å². The zero-order valence-electron chi connectivity index (χ0n) is 13.7. The normalized spacial score (nSPS) is 33.6. The summed E-state index contributed by atoms with van der Waals surface area (Å²) in [5.41, 5.74) is 1.06. The monoisotopic (exact) mass is 324 g/mol. The van der Waals surface area contributed by atoms with Crippen LogP contribution in [0.1, 0.15) is 19.4 Å². The molecule has 6 nitrogen and oxygen atoms in total. The highest BCUT2D eigenvalue weighted by Crippen LogP contribution is 2.39. The Kier molecular flexibility index (Phi) is 5.01. The number of hydrogen-bond acceptors (Lipinski definition) is 6. The molecule has 6 heteroatoms. The molecule has 2 aliphatic heterocycles. The molecule has 2 heterocycles. The number of aliphatic hydroxyl groups is 1. The van der Waals surface area contributed by atoms with Crippen molar-refractivity contribution in [2.75, 3.05) is 13.7 Å². The Morgan fingerprint density at radius 3 is 2.65 bits per heavy atom. The van der Waals surface area contributed by atoms with Crippen molar-refractivity contribution in [1.29, 1.82) is 0 Å². The van der Waals surface area contributed by atoms with E-state index in [9.17, 15) is 5.11 Å². The molecule has 0 radical (unpaired) electrons. The zero-order chi connectivity index (χ0) is 16.4. The highest BCUT2D eigenvalue weighted by Gasteiger charge is 2.56. The van der Waals surface area contributed by atoms with E-state index in [4.69, 9.17) is 23.7 Å². The molecule has 128 valence electrons. The first-order valence-corrected chi connectivity index (χ1v) is 7.84. The number of methoxy groups -OCH3 is 1. The third kappa shape index (κ3) is 3.74. The first-order valence-electron chi connectivity index (χ1n) is 7.84. The molecule has 3 rings (SSSR count). The Labute approximate surface area is 136 Å². The summed E-state index contributed by atoms with van der Waals surface area (Å²) < 4.78 is 28.3. The smallest absolute Gasteiger partial charge is 0.190 e. The summed E-state index contributed by atoms with van der Waals surface area (Å²) in [5, 5.41) is 10.4. The minimum Gasteiger partial charge on any atom is -0.388 e.